The molecule has 1 amide bonds. The average molecular weight is 208 g/mol. The molecule has 0 aromatic heterocycles. The number of hydrogen-bond acceptors (Lipinski definition) is 2. The number of amides is 1. The minimum absolute atomic E-state index is 0.0343. The molecule has 3 nitrogen and oxygen atoms in total. The van der Waals surface area contributed by atoms with Crippen molar-refractivity contribution >= 4 is 17.5 Å². The highest BCUT2D eigenvalue weighted by atomic mass is 35.5. The van der Waals surface area contributed by atoms with Crippen molar-refractivity contribution in [3.8, 4) is 0 Å². The Labute approximate surface area is 84.7 Å². The van der Waals surface area contributed by atoms with Gasteiger partial charge in [0.1, 0.15) is 0 Å². The van der Waals surface area contributed by atoms with Crippen LogP contribution < -0.4 is 0 Å². The van der Waals surface area contributed by atoms with Crippen LogP contribution >= 0.6 is 11.6 Å². The average Bonchev–Trinajstić information content (AvgIpc) is 2.14. The van der Waals surface area contributed by atoms with E-state index in [0.717, 1.165) is 13.0 Å². The molecule has 0 aliphatic rings. The van der Waals surface area contributed by atoms with E-state index in [2.05, 4.69) is 0 Å². The molecule has 4 heteroatoms. The van der Waals surface area contributed by atoms with E-state index in [1.807, 2.05) is 6.92 Å². The SMILES string of the molecule is CCCN(CCO)C(=O)CCCCl. The first-order valence-corrected chi connectivity index (χ1v) is 5.24. The molecule has 0 radical (unpaired) electrons. The lowest BCUT2D eigenvalue weighted by Gasteiger charge is -2.20. The predicted octanol–water partition coefficient (Wildman–Crippen LogP) is 1.24. The summed E-state index contributed by atoms with van der Waals surface area (Å²) >= 11 is 5.48. The topological polar surface area (TPSA) is 40.5 Å². The molecule has 0 aliphatic heterocycles. The van der Waals surface area contributed by atoms with E-state index in [9.17, 15) is 4.79 Å². The van der Waals surface area contributed by atoms with Crippen LogP contribution in [0.4, 0.5) is 0 Å². The van der Waals surface area contributed by atoms with E-state index in [1.54, 1.807) is 4.90 Å². The Kier molecular flexibility index (Phi) is 8.14. The first-order chi connectivity index (χ1) is 6.26. The normalized spacial score (nSPS) is 10.1. The van der Waals surface area contributed by atoms with Crippen LogP contribution in [-0.4, -0.2) is 41.5 Å². The highest BCUT2D eigenvalue weighted by molar-refractivity contribution is 6.17. The van der Waals surface area contributed by atoms with Gasteiger partial charge in [0.2, 0.25) is 5.91 Å². The van der Waals surface area contributed by atoms with Gasteiger partial charge in [-0.25, -0.2) is 0 Å². The molecule has 0 atom stereocenters. The maximum Gasteiger partial charge on any atom is 0.222 e. The fraction of sp³-hybridized carbons (Fsp3) is 0.889. The van der Waals surface area contributed by atoms with Crippen molar-refractivity contribution in [2.75, 3.05) is 25.6 Å². The third-order valence-corrected chi connectivity index (χ3v) is 2.01. The van der Waals surface area contributed by atoms with Crippen LogP contribution in [0.1, 0.15) is 26.2 Å². The van der Waals surface area contributed by atoms with Crippen LogP contribution in [0.3, 0.4) is 0 Å². The highest BCUT2D eigenvalue weighted by Crippen LogP contribution is 2.00. The van der Waals surface area contributed by atoms with Gasteiger partial charge in [0.05, 0.1) is 6.61 Å². The van der Waals surface area contributed by atoms with Crippen molar-refractivity contribution in [2.24, 2.45) is 0 Å². The third-order valence-electron chi connectivity index (χ3n) is 1.74. The number of hydrogen-bond donors (Lipinski definition) is 1. The Balaban J connectivity index is 3.80. The minimum atomic E-state index is 0.0343. The van der Waals surface area contributed by atoms with E-state index >= 15 is 0 Å². The fourth-order valence-corrected chi connectivity index (χ4v) is 1.26. The molecular formula is C9H18ClNO2. The van der Waals surface area contributed by atoms with Crippen LogP contribution in [0.2, 0.25) is 0 Å². The van der Waals surface area contributed by atoms with Crippen molar-refractivity contribution in [3.63, 3.8) is 0 Å². The number of carbonyl (C=O) groups excluding carboxylic acids is 1. The molecular weight excluding hydrogens is 190 g/mol. The summed E-state index contributed by atoms with van der Waals surface area (Å²) in [6, 6.07) is 0. The van der Waals surface area contributed by atoms with Crippen LogP contribution in [0, 0.1) is 0 Å². The summed E-state index contributed by atoms with van der Waals surface area (Å²) in [6.45, 7) is 3.21. The maximum atomic E-state index is 11.4. The molecule has 13 heavy (non-hydrogen) atoms. The number of carbonyl (C=O) groups is 1. The summed E-state index contributed by atoms with van der Waals surface area (Å²) in [6.07, 6.45) is 2.13. The van der Waals surface area contributed by atoms with Gasteiger partial charge in [0.15, 0.2) is 0 Å². The van der Waals surface area contributed by atoms with Crippen molar-refractivity contribution < 1.29 is 9.90 Å². The lowest BCUT2D eigenvalue weighted by Crippen LogP contribution is -2.34. The van der Waals surface area contributed by atoms with Crippen LogP contribution in [0.15, 0.2) is 0 Å². The predicted molar refractivity (Wildman–Crippen MR) is 53.9 cm³/mol. The van der Waals surface area contributed by atoms with E-state index in [1.165, 1.54) is 0 Å². The van der Waals surface area contributed by atoms with Gasteiger partial charge in [0, 0.05) is 25.4 Å². The number of aliphatic hydroxyl groups is 1. The molecule has 0 bridgehead atoms. The summed E-state index contributed by atoms with van der Waals surface area (Å²) in [7, 11) is 0. The number of nitrogens with zero attached hydrogens (tertiary/aromatic N) is 1. The first-order valence-electron chi connectivity index (χ1n) is 4.70. The van der Waals surface area contributed by atoms with E-state index in [4.69, 9.17) is 16.7 Å². The second-order valence-electron chi connectivity index (χ2n) is 2.90. The number of rotatable bonds is 7. The summed E-state index contributed by atoms with van der Waals surface area (Å²) in [4.78, 5) is 13.1. The first kappa shape index (κ1) is 12.7. The van der Waals surface area contributed by atoms with Gasteiger partial charge in [-0.15, -0.1) is 11.6 Å². The Morgan fingerprint density at radius 2 is 2.15 bits per heavy atom. The molecule has 0 unspecified atom stereocenters. The number of alkyl halides is 1. The minimum Gasteiger partial charge on any atom is -0.395 e. The van der Waals surface area contributed by atoms with Crippen LogP contribution in [-0.2, 0) is 4.79 Å². The molecule has 0 aromatic carbocycles. The van der Waals surface area contributed by atoms with Gasteiger partial charge in [-0.3, -0.25) is 4.79 Å². The quantitative estimate of drug-likeness (QED) is 0.639. The van der Waals surface area contributed by atoms with E-state index < -0.39 is 0 Å². The second-order valence-corrected chi connectivity index (χ2v) is 3.27. The van der Waals surface area contributed by atoms with Gasteiger partial charge >= 0.3 is 0 Å². The van der Waals surface area contributed by atoms with Gasteiger partial charge in [-0.2, -0.15) is 0 Å². The Morgan fingerprint density at radius 1 is 1.46 bits per heavy atom. The fourth-order valence-electron chi connectivity index (χ4n) is 1.13. The van der Waals surface area contributed by atoms with Gasteiger partial charge in [0.25, 0.3) is 0 Å². The van der Waals surface area contributed by atoms with Crippen molar-refractivity contribution in [3.05, 3.63) is 0 Å². The zero-order valence-corrected chi connectivity index (χ0v) is 8.89. The molecule has 0 rings (SSSR count). The molecule has 0 spiro atoms. The molecule has 0 aromatic rings. The Hall–Kier alpha value is -0.280. The maximum absolute atomic E-state index is 11.4. The van der Waals surface area contributed by atoms with E-state index in [0.29, 0.717) is 25.3 Å². The lowest BCUT2D eigenvalue weighted by molar-refractivity contribution is -0.131. The molecule has 0 fully saturated rings. The van der Waals surface area contributed by atoms with Gasteiger partial charge in [-0.1, -0.05) is 6.92 Å². The lowest BCUT2D eigenvalue weighted by atomic mass is 10.3. The molecule has 0 aliphatic carbocycles. The number of aliphatic hydroxyl groups excluding tert-OH is 1. The summed E-state index contributed by atoms with van der Waals surface area (Å²) < 4.78 is 0. The second kappa shape index (κ2) is 8.32. The zero-order valence-electron chi connectivity index (χ0n) is 8.13. The van der Waals surface area contributed by atoms with Crippen LogP contribution in [0.25, 0.3) is 0 Å². The van der Waals surface area contributed by atoms with Gasteiger partial charge in [-0.05, 0) is 12.8 Å². The molecule has 0 heterocycles. The van der Waals surface area contributed by atoms with Crippen molar-refractivity contribution in [1.82, 2.24) is 4.90 Å². The van der Waals surface area contributed by atoms with Gasteiger partial charge < -0.3 is 10.0 Å². The molecule has 0 saturated heterocycles. The largest absolute Gasteiger partial charge is 0.395 e. The van der Waals surface area contributed by atoms with E-state index in [-0.39, 0.29) is 12.5 Å². The number of halogens is 1. The van der Waals surface area contributed by atoms with Crippen molar-refractivity contribution in [2.45, 2.75) is 26.2 Å². The monoisotopic (exact) mass is 207 g/mol. The highest BCUT2D eigenvalue weighted by Gasteiger charge is 2.10. The molecule has 78 valence electrons. The summed E-state index contributed by atoms with van der Waals surface area (Å²) in [5.74, 6) is 0.613. The molecule has 1 N–H and O–H groups in total. The van der Waals surface area contributed by atoms with Crippen molar-refractivity contribution in [1.29, 1.82) is 0 Å². The third kappa shape index (κ3) is 5.88. The smallest absolute Gasteiger partial charge is 0.222 e. The standard InChI is InChI=1S/C9H18ClNO2/c1-2-6-11(7-8-12)9(13)4-3-5-10/h12H,2-8H2,1H3. The Bertz CT molecular complexity index is 136. The summed E-state index contributed by atoms with van der Waals surface area (Å²) in [5.41, 5.74) is 0. The zero-order chi connectivity index (χ0) is 10.1. The van der Waals surface area contributed by atoms with Crippen LogP contribution in [0.5, 0.6) is 0 Å². The summed E-state index contributed by atoms with van der Waals surface area (Å²) in [5, 5.41) is 8.72. The Morgan fingerprint density at radius 3 is 2.62 bits per heavy atom. The molecule has 0 saturated carbocycles.